The topological polar surface area (TPSA) is 58.6 Å². The molecule has 0 saturated carbocycles. The van der Waals surface area contributed by atoms with Crippen molar-refractivity contribution < 1.29 is 0 Å². The molecule has 1 aromatic heterocycles. The fraction of sp³-hybridized carbons (Fsp3) is 0.300. The van der Waals surface area contributed by atoms with Gasteiger partial charge in [0.05, 0.1) is 11.0 Å². The van der Waals surface area contributed by atoms with Crippen molar-refractivity contribution in [2.24, 2.45) is 10.8 Å². The summed E-state index contributed by atoms with van der Waals surface area (Å²) in [6.45, 7) is 8.44. The largest absolute Gasteiger partial charge is 0.375 e. The molecule has 8 heteroatoms. The summed E-state index contributed by atoms with van der Waals surface area (Å²) in [7, 11) is 0. The molecule has 0 atom stereocenters. The minimum atomic E-state index is 0. The van der Waals surface area contributed by atoms with Crippen LogP contribution in [-0.4, -0.2) is 34.2 Å². The van der Waals surface area contributed by atoms with Crippen molar-refractivity contribution >= 4 is 64.0 Å². The predicted molar refractivity (Wildman–Crippen MR) is 127 cm³/mol. The molecule has 0 unspecified atom stereocenters. The van der Waals surface area contributed by atoms with Gasteiger partial charge in [-0.05, 0) is 37.4 Å². The first-order chi connectivity index (χ1) is 12.7. The molecule has 0 radical (unpaired) electrons. The summed E-state index contributed by atoms with van der Waals surface area (Å²) in [4.78, 5) is 2.43. The van der Waals surface area contributed by atoms with Crippen molar-refractivity contribution in [2.45, 2.75) is 20.4 Å². The van der Waals surface area contributed by atoms with E-state index in [0.29, 0.717) is 0 Å². The molecule has 0 aliphatic rings. The second-order valence-electron chi connectivity index (χ2n) is 6.15. The van der Waals surface area contributed by atoms with Crippen LogP contribution in [0.1, 0.15) is 13.8 Å². The second kappa shape index (κ2) is 11.2. The SMILES string of the molecule is CCN(CC)CCn1c2ccccc2c(=NNC(N)=S)c2ccccc21.Cl.Cl. The Morgan fingerprint density at radius 3 is 1.96 bits per heavy atom. The van der Waals surface area contributed by atoms with Crippen molar-refractivity contribution in [2.75, 3.05) is 19.6 Å². The van der Waals surface area contributed by atoms with Crippen LogP contribution >= 0.6 is 37.0 Å². The minimum Gasteiger partial charge on any atom is -0.375 e. The van der Waals surface area contributed by atoms with Gasteiger partial charge in [0.15, 0.2) is 5.11 Å². The molecule has 5 nitrogen and oxygen atoms in total. The highest BCUT2D eigenvalue weighted by atomic mass is 35.5. The molecule has 0 fully saturated rings. The third-order valence-corrected chi connectivity index (χ3v) is 4.80. The highest BCUT2D eigenvalue weighted by Gasteiger charge is 2.10. The van der Waals surface area contributed by atoms with Crippen LogP contribution in [0.25, 0.3) is 21.8 Å². The Labute approximate surface area is 183 Å². The normalized spacial score (nSPS) is 10.4. The average Bonchev–Trinajstić information content (AvgIpc) is 2.67. The Kier molecular flexibility index (Phi) is 9.69. The number of nitrogens with two attached hydrogens (primary N) is 1. The molecule has 152 valence electrons. The number of nitrogens with one attached hydrogen (secondary N) is 1. The average molecular weight is 440 g/mol. The lowest BCUT2D eigenvalue weighted by Crippen LogP contribution is -2.29. The maximum Gasteiger partial charge on any atom is 0.184 e. The first kappa shape index (κ1) is 24.2. The zero-order chi connectivity index (χ0) is 18.5. The lowest BCUT2D eigenvalue weighted by atomic mass is 10.1. The summed E-state index contributed by atoms with van der Waals surface area (Å²) >= 11 is 4.93. The van der Waals surface area contributed by atoms with Crippen molar-refractivity contribution in [3.63, 3.8) is 0 Å². The monoisotopic (exact) mass is 439 g/mol. The van der Waals surface area contributed by atoms with Crippen molar-refractivity contribution in [3.8, 4) is 0 Å². The summed E-state index contributed by atoms with van der Waals surface area (Å²) in [6, 6.07) is 16.7. The van der Waals surface area contributed by atoms with E-state index in [9.17, 15) is 0 Å². The summed E-state index contributed by atoms with van der Waals surface area (Å²) in [6.07, 6.45) is 0. The van der Waals surface area contributed by atoms with E-state index in [1.807, 2.05) is 12.1 Å². The highest BCUT2D eigenvalue weighted by molar-refractivity contribution is 7.80. The molecular formula is C20H27Cl2N5S. The third kappa shape index (κ3) is 5.14. The number of thiocarbonyl (C=S) groups is 1. The molecule has 0 aliphatic carbocycles. The number of rotatable bonds is 6. The highest BCUT2D eigenvalue weighted by Crippen LogP contribution is 2.19. The van der Waals surface area contributed by atoms with Gasteiger partial charge in [-0.2, -0.15) is 5.10 Å². The molecule has 3 N–H and O–H groups in total. The smallest absolute Gasteiger partial charge is 0.184 e. The molecule has 3 aromatic rings. The van der Waals surface area contributed by atoms with E-state index in [-0.39, 0.29) is 29.9 Å². The number of hydrogen-bond donors (Lipinski definition) is 2. The molecule has 3 rings (SSSR count). The fourth-order valence-corrected chi connectivity index (χ4v) is 3.39. The fourth-order valence-electron chi connectivity index (χ4n) is 3.35. The van der Waals surface area contributed by atoms with E-state index in [1.54, 1.807) is 0 Å². The van der Waals surface area contributed by atoms with Crippen LogP contribution in [0.2, 0.25) is 0 Å². The summed E-state index contributed by atoms with van der Waals surface area (Å²) < 4.78 is 2.38. The van der Waals surface area contributed by atoms with Gasteiger partial charge in [-0.25, -0.2) is 0 Å². The summed E-state index contributed by atoms with van der Waals surface area (Å²) in [5.41, 5.74) is 10.6. The molecule has 0 spiro atoms. The number of pyridine rings is 1. The maximum atomic E-state index is 5.59. The Morgan fingerprint density at radius 1 is 1.00 bits per heavy atom. The van der Waals surface area contributed by atoms with Crippen molar-refractivity contribution in [3.05, 3.63) is 53.9 Å². The molecule has 0 aliphatic heterocycles. The van der Waals surface area contributed by atoms with Gasteiger partial charge in [-0.15, -0.1) is 24.8 Å². The molecular weight excluding hydrogens is 413 g/mol. The Balaban J connectivity index is 0.00000196. The van der Waals surface area contributed by atoms with Crippen LogP contribution in [0.5, 0.6) is 0 Å². The lowest BCUT2D eigenvalue weighted by Gasteiger charge is -2.21. The number of fused-ring (bicyclic) bond motifs is 2. The van der Waals surface area contributed by atoms with Crippen LogP contribution < -0.4 is 16.5 Å². The maximum absolute atomic E-state index is 5.59. The van der Waals surface area contributed by atoms with E-state index in [1.165, 1.54) is 0 Å². The summed E-state index contributed by atoms with van der Waals surface area (Å²) in [5, 5.41) is 7.67. The third-order valence-electron chi connectivity index (χ3n) is 4.71. The van der Waals surface area contributed by atoms with Gasteiger partial charge in [-0.1, -0.05) is 50.2 Å². The van der Waals surface area contributed by atoms with Gasteiger partial charge in [0.1, 0.15) is 5.36 Å². The van der Waals surface area contributed by atoms with E-state index in [4.69, 9.17) is 18.0 Å². The van der Waals surface area contributed by atoms with E-state index in [0.717, 1.165) is 53.3 Å². The second-order valence-corrected chi connectivity index (χ2v) is 6.59. The standard InChI is InChI=1S/C20H25N5S.2ClH/c1-3-24(4-2)13-14-25-17-11-7-5-9-15(17)19(22-23-20(21)26)16-10-6-8-12-18(16)25;;/h5-12H,3-4,13-14H2,1-2H3,(H3,21,23,26);2*1H. The zero-order valence-electron chi connectivity index (χ0n) is 16.1. The summed E-state index contributed by atoms with van der Waals surface area (Å²) in [5.74, 6) is 0. The van der Waals surface area contributed by atoms with Gasteiger partial charge in [0.2, 0.25) is 0 Å². The van der Waals surface area contributed by atoms with Gasteiger partial charge >= 0.3 is 0 Å². The first-order valence-electron chi connectivity index (χ1n) is 8.97. The van der Waals surface area contributed by atoms with Crippen LogP contribution in [-0.2, 0) is 6.54 Å². The van der Waals surface area contributed by atoms with E-state index < -0.39 is 0 Å². The van der Waals surface area contributed by atoms with E-state index in [2.05, 4.69) is 70.2 Å². The molecule has 2 aromatic carbocycles. The molecule has 0 saturated heterocycles. The number of aromatic nitrogens is 1. The quantitative estimate of drug-likeness (QED) is 0.349. The van der Waals surface area contributed by atoms with Gasteiger partial charge in [0.25, 0.3) is 0 Å². The lowest BCUT2D eigenvalue weighted by molar-refractivity contribution is 0.293. The van der Waals surface area contributed by atoms with Crippen molar-refractivity contribution in [1.29, 1.82) is 0 Å². The number of nitrogens with zero attached hydrogens (tertiary/aromatic N) is 3. The molecule has 0 amide bonds. The Morgan fingerprint density at radius 2 is 1.50 bits per heavy atom. The first-order valence-corrected chi connectivity index (χ1v) is 9.38. The van der Waals surface area contributed by atoms with Gasteiger partial charge < -0.3 is 15.2 Å². The van der Waals surface area contributed by atoms with Gasteiger partial charge in [-0.3, -0.25) is 5.43 Å². The zero-order valence-corrected chi connectivity index (χ0v) is 18.5. The van der Waals surface area contributed by atoms with Crippen LogP contribution in [0, 0.1) is 0 Å². The van der Waals surface area contributed by atoms with Gasteiger partial charge in [0, 0.05) is 23.9 Å². The van der Waals surface area contributed by atoms with Crippen LogP contribution in [0.3, 0.4) is 0 Å². The number of benzene rings is 2. The number of likely N-dealkylation sites (N-methyl/N-ethyl adjacent to an activating group) is 1. The Hall–Kier alpha value is -1.86. The number of halogens is 2. The Bertz CT molecular complexity index is 939. The number of para-hydroxylation sites is 2. The number of hydrogen-bond acceptors (Lipinski definition) is 3. The van der Waals surface area contributed by atoms with Crippen LogP contribution in [0.15, 0.2) is 53.6 Å². The molecule has 0 bridgehead atoms. The molecule has 1 heterocycles. The minimum absolute atomic E-state index is 0. The predicted octanol–water partition coefficient (Wildman–Crippen LogP) is 3.63. The van der Waals surface area contributed by atoms with Crippen molar-refractivity contribution in [1.82, 2.24) is 14.9 Å². The molecule has 28 heavy (non-hydrogen) atoms. The van der Waals surface area contributed by atoms with Crippen LogP contribution in [0.4, 0.5) is 0 Å². The van der Waals surface area contributed by atoms with E-state index >= 15 is 0 Å².